The van der Waals surface area contributed by atoms with Crippen LogP contribution in [0.2, 0.25) is 0 Å². The zero-order chi connectivity index (χ0) is 20.0. The number of amides is 1. The van der Waals surface area contributed by atoms with E-state index < -0.39 is 9.84 Å². The lowest BCUT2D eigenvalue weighted by molar-refractivity contribution is -0.116. The number of rotatable bonds is 6. The van der Waals surface area contributed by atoms with Crippen LogP contribution in [0.1, 0.15) is 26.2 Å². The van der Waals surface area contributed by atoms with Gasteiger partial charge in [-0.25, -0.2) is 8.42 Å². The van der Waals surface area contributed by atoms with Crippen LogP contribution in [0.5, 0.6) is 0 Å². The Morgan fingerprint density at radius 2 is 1.89 bits per heavy atom. The van der Waals surface area contributed by atoms with Crippen LogP contribution in [-0.4, -0.2) is 40.5 Å². The summed E-state index contributed by atoms with van der Waals surface area (Å²) in [5.74, 6) is -0.179. The second kappa shape index (κ2) is 9.21. The van der Waals surface area contributed by atoms with Gasteiger partial charge in [0.2, 0.25) is 15.7 Å². The van der Waals surface area contributed by atoms with E-state index in [-0.39, 0.29) is 15.7 Å². The Morgan fingerprint density at radius 1 is 1.11 bits per heavy atom. The smallest absolute Gasteiger partial charge is 0.224 e. The molecule has 150 valence electrons. The van der Waals surface area contributed by atoms with E-state index in [1.807, 2.05) is 13.0 Å². The Balaban J connectivity index is 2.02. The fourth-order valence-corrected chi connectivity index (χ4v) is 4.73. The van der Waals surface area contributed by atoms with Crippen LogP contribution in [-0.2, 0) is 14.6 Å². The normalized spacial score (nSPS) is 15.1. The van der Waals surface area contributed by atoms with E-state index in [1.54, 1.807) is 42.5 Å². The Bertz CT molecular complexity index is 906. The number of sulfone groups is 1. The van der Waals surface area contributed by atoms with Gasteiger partial charge in [-0.15, -0.1) is 0 Å². The van der Waals surface area contributed by atoms with E-state index in [2.05, 4.69) is 15.5 Å². The van der Waals surface area contributed by atoms with Crippen molar-refractivity contribution in [3.8, 4) is 0 Å². The fraction of sp³-hybridized carbons (Fsp3) is 0.381. The molecule has 0 saturated carbocycles. The van der Waals surface area contributed by atoms with Crippen LogP contribution in [0.15, 0.2) is 58.3 Å². The molecule has 0 spiro atoms. The third-order valence-corrected chi connectivity index (χ3v) is 6.59. The van der Waals surface area contributed by atoms with Gasteiger partial charge in [0.05, 0.1) is 15.5 Å². The molecule has 1 amide bonds. The topological polar surface area (TPSA) is 78.5 Å². The number of hydrogen-bond donors (Lipinski definition) is 2. The summed E-state index contributed by atoms with van der Waals surface area (Å²) in [5, 5.41) is 6.18. The minimum absolute atomic E-state index is 0.125. The third kappa shape index (κ3) is 4.72. The first-order chi connectivity index (χ1) is 13.5. The summed E-state index contributed by atoms with van der Waals surface area (Å²) in [7, 11) is -3.73. The SMILES string of the molecule is CCCC(=O)Nc1cc(N2CCCNCC2)ccc1S(=O)(=O)c1ccccc1. The van der Waals surface area contributed by atoms with Crippen LogP contribution < -0.4 is 15.5 Å². The molecule has 28 heavy (non-hydrogen) atoms. The summed E-state index contributed by atoms with van der Waals surface area (Å²) in [6, 6.07) is 13.5. The lowest BCUT2D eigenvalue weighted by Gasteiger charge is -2.24. The molecule has 1 aliphatic rings. The van der Waals surface area contributed by atoms with Gasteiger partial charge < -0.3 is 15.5 Å². The average Bonchev–Trinajstić information content (AvgIpc) is 2.98. The molecular weight excluding hydrogens is 374 g/mol. The van der Waals surface area contributed by atoms with Gasteiger partial charge in [0.25, 0.3) is 0 Å². The van der Waals surface area contributed by atoms with Crippen LogP contribution in [0, 0.1) is 0 Å². The highest BCUT2D eigenvalue weighted by Crippen LogP contribution is 2.32. The van der Waals surface area contributed by atoms with Crippen molar-refractivity contribution in [1.29, 1.82) is 0 Å². The highest BCUT2D eigenvalue weighted by atomic mass is 32.2. The molecule has 0 radical (unpaired) electrons. The predicted molar refractivity (Wildman–Crippen MR) is 112 cm³/mol. The number of anilines is 2. The Kier molecular flexibility index (Phi) is 6.70. The van der Waals surface area contributed by atoms with E-state index in [0.717, 1.165) is 38.3 Å². The van der Waals surface area contributed by atoms with Crippen LogP contribution >= 0.6 is 0 Å². The largest absolute Gasteiger partial charge is 0.370 e. The average molecular weight is 402 g/mol. The summed E-state index contributed by atoms with van der Waals surface area (Å²) in [4.78, 5) is 14.8. The van der Waals surface area contributed by atoms with Crippen molar-refractivity contribution in [3.05, 3.63) is 48.5 Å². The van der Waals surface area contributed by atoms with E-state index in [4.69, 9.17) is 0 Å². The molecule has 1 aliphatic heterocycles. The second-order valence-electron chi connectivity index (χ2n) is 6.89. The molecule has 7 heteroatoms. The zero-order valence-corrected chi connectivity index (χ0v) is 17.0. The van der Waals surface area contributed by atoms with Gasteiger partial charge in [0.15, 0.2) is 0 Å². The molecule has 0 unspecified atom stereocenters. The molecule has 3 rings (SSSR count). The van der Waals surface area contributed by atoms with E-state index in [9.17, 15) is 13.2 Å². The summed E-state index contributed by atoms with van der Waals surface area (Å²) in [6.45, 7) is 5.49. The first-order valence-corrected chi connectivity index (χ1v) is 11.2. The molecule has 2 aromatic carbocycles. The number of carbonyl (C=O) groups is 1. The second-order valence-corrected chi connectivity index (χ2v) is 8.80. The number of carbonyl (C=O) groups excluding carboxylic acids is 1. The molecule has 0 atom stereocenters. The van der Waals surface area contributed by atoms with Crippen molar-refractivity contribution in [2.24, 2.45) is 0 Å². The quantitative estimate of drug-likeness (QED) is 0.778. The number of hydrogen-bond acceptors (Lipinski definition) is 5. The predicted octanol–water partition coefficient (Wildman–Crippen LogP) is 3.06. The van der Waals surface area contributed by atoms with Gasteiger partial charge in [-0.2, -0.15) is 0 Å². The third-order valence-electron chi connectivity index (χ3n) is 4.76. The van der Waals surface area contributed by atoms with Gasteiger partial charge in [0.1, 0.15) is 0 Å². The lowest BCUT2D eigenvalue weighted by Crippen LogP contribution is -2.28. The summed E-state index contributed by atoms with van der Waals surface area (Å²) in [5.41, 5.74) is 1.26. The van der Waals surface area contributed by atoms with Gasteiger partial charge in [-0.3, -0.25) is 4.79 Å². The Morgan fingerprint density at radius 3 is 2.64 bits per heavy atom. The van der Waals surface area contributed by atoms with Gasteiger partial charge in [-0.1, -0.05) is 25.1 Å². The molecule has 0 aliphatic carbocycles. The van der Waals surface area contributed by atoms with Gasteiger partial charge in [0, 0.05) is 31.7 Å². The molecule has 6 nitrogen and oxygen atoms in total. The van der Waals surface area contributed by atoms with Gasteiger partial charge in [-0.05, 0) is 49.7 Å². The van der Waals surface area contributed by atoms with E-state index in [0.29, 0.717) is 18.5 Å². The number of benzene rings is 2. The fourth-order valence-electron chi connectivity index (χ4n) is 3.32. The molecule has 1 heterocycles. The zero-order valence-electron chi connectivity index (χ0n) is 16.1. The standard InChI is InChI=1S/C21H27N3O3S/c1-2-7-21(25)23-19-16-17(24-14-6-12-22-13-15-24)10-11-20(19)28(26,27)18-8-4-3-5-9-18/h3-5,8-11,16,22H,2,6-7,12-15H2,1H3,(H,23,25). The molecule has 0 aromatic heterocycles. The van der Waals surface area contributed by atoms with Crippen molar-refractivity contribution in [2.75, 3.05) is 36.4 Å². The van der Waals surface area contributed by atoms with E-state index in [1.165, 1.54) is 0 Å². The summed E-state index contributed by atoms with van der Waals surface area (Å²) in [6.07, 6.45) is 2.06. The van der Waals surface area contributed by atoms with Crippen LogP contribution in [0.3, 0.4) is 0 Å². The van der Waals surface area contributed by atoms with Crippen molar-refractivity contribution in [2.45, 2.75) is 36.0 Å². The van der Waals surface area contributed by atoms with Crippen molar-refractivity contribution in [3.63, 3.8) is 0 Å². The minimum Gasteiger partial charge on any atom is -0.370 e. The maximum absolute atomic E-state index is 13.2. The van der Waals surface area contributed by atoms with Crippen LogP contribution in [0.25, 0.3) is 0 Å². The monoisotopic (exact) mass is 401 g/mol. The molecule has 0 bridgehead atoms. The molecule has 1 saturated heterocycles. The Labute approximate surface area is 166 Å². The van der Waals surface area contributed by atoms with Crippen molar-refractivity contribution < 1.29 is 13.2 Å². The molecule has 1 fully saturated rings. The maximum Gasteiger partial charge on any atom is 0.224 e. The lowest BCUT2D eigenvalue weighted by atomic mass is 10.2. The summed E-state index contributed by atoms with van der Waals surface area (Å²) >= 11 is 0. The minimum atomic E-state index is -3.73. The highest BCUT2D eigenvalue weighted by Gasteiger charge is 2.23. The van der Waals surface area contributed by atoms with E-state index >= 15 is 0 Å². The maximum atomic E-state index is 13.2. The molecular formula is C21H27N3O3S. The molecule has 2 N–H and O–H groups in total. The molecule has 2 aromatic rings. The van der Waals surface area contributed by atoms with Gasteiger partial charge >= 0.3 is 0 Å². The first-order valence-electron chi connectivity index (χ1n) is 9.72. The number of nitrogens with zero attached hydrogens (tertiary/aromatic N) is 1. The first kappa shape index (κ1) is 20.4. The van der Waals surface area contributed by atoms with Crippen molar-refractivity contribution in [1.82, 2.24) is 5.32 Å². The summed E-state index contributed by atoms with van der Waals surface area (Å²) < 4.78 is 26.3. The van der Waals surface area contributed by atoms with Crippen molar-refractivity contribution >= 4 is 27.1 Å². The highest BCUT2D eigenvalue weighted by molar-refractivity contribution is 7.91. The number of nitrogens with one attached hydrogen (secondary N) is 2. The van der Waals surface area contributed by atoms with Crippen LogP contribution in [0.4, 0.5) is 11.4 Å². The Hall–Kier alpha value is -2.38.